The van der Waals surface area contributed by atoms with Crippen molar-refractivity contribution in [2.45, 2.75) is 57.4 Å². The van der Waals surface area contributed by atoms with Crippen molar-refractivity contribution >= 4 is 16.0 Å². The molecule has 0 saturated carbocycles. The highest BCUT2D eigenvalue weighted by atomic mass is 32.2. The summed E-state index contributed by atoms with van der Waals surface area (Å²) in [7, 11) is -3.66. The second-order valence-electron chi connectivity index (χ2n) is 9.74. The van der Waals surface area contributed by atoms with Crippen molar-refractivity contribution < 1.29 is 18.3 Å². The third-order valence-corrected chi connectivity index (χ3v) is 8.99. The van der Waals surface area contributed by atoms with E-state index in [1.165, 1.54) is 0 Å². The summed E-state index contributed by atoms with van der Waals surface area (Å²) in [5, 5.41) is 9.64. The fourth-order valence-corrected chi connectivity index (χ4v) is 6.81. The number of carboxylic acids is 1. The molecule has 0 aliphatic carbocycles. The highest BCUT2D eigenvalue weighted by molar-refractivity contribution is 7.89. The van der Waals surface area contributed by atoms with Gasteiger partial charge in [0.15, 0.2) is 0 Å². The zero-order valence-electron chi connectivity index (χ0n) is 20.6. The quantitative estimate of drug-likeness (QED) is 0.481. The largest absolute Gasteiger partial charge is 0.481 e. The predicted octanol–water partition coefficient (Wildman–Crippen LogP) is 5.68. The number of aryl methyl sites for hydroxylation is 3. The number of hydrogen-bond donors (Lipinski definition) is 1. The molecule has 0 amide bonds. The molecule has 2 atom stereocenters. The lowest BCUT2D eigenvalue weighted by Gasteiger charge is -2.30. The number of aliphatic carboxylic acids is 1. The maximum atomic E-state index is 13.7. The van der Waals surface area contributed by atoms with Crippen LogP contribution in [-0.2, 0) is 27.8 Å². The van der Waals surface area contributed by atoms with Crippen LogP contribution < -0.4 is 0 Å². The number of nitrogens with zero attached hydrogens (tertiary/aromatic N) is 1. The molecule has 6 heteroatoms. The first kappa shape index (κ1) is 25.1. The molecule has 0 aromatic heterocycles. The summed E-state index contributed by atoms with van der Waals surface area (Å²) in [4.78, 5) is 12.2. The number of benzene rings is 3. The van der Waals surface area contributed by atoms with Gasteiger partial charge in [0.05, 0.1) is 11.3 Å². The van der Waals surface area contributed by atoms with Gasteiger partial charge in [-0.3, -0.25) is 4.79 Å². The smallest absolute Gasteiger partial charge is 0.304 e. The maximum absolute atomic E-state index is 13.7. The number of sulfonamides is 1. The number of fused-ring (bicyclic) bond motifs is 1. The molecule has 0 radical (unpaired) electrons. The van der Waals surface area contributed by atoms with E-state index in [9.17, 15) is 18.3 Å². The molecule has 1 N–H and O–H groups in total. The fraction of sp³-hybridized carbons (Fsp3) is 0.345. The van der Waals surface area contributed by atoms with Crippen LogP contribution in [0.25, 0.3) is 0 Å². The van der Waals surface area contributed by atoms with Gasteiger partial charge in [-0.2, -0.15) is 4.31 Å². The lowest BCUT2D eigenvalue weighted by Crippen LogP contribution is -2.36. The molecular weight excluding hydrogens is 458 g/mol. The van der Waals surface area contributed by atoms with E-state index in [0.29, 0.717) is 11.4 Å². The van der Waals surface area contributed by atoms with Gasteiger partial charge >= 0.3 is 5.97 Å². The highest BCUT2D eigenvalue weighted by Crippen LogP contribution is 2.33. The average molecular weight is 492 g/mol. The van der Waals surface area contributed by atoms with Crippen molar-refractivity contribution in [3.63, 3.8) is 0 Å². The summed E-state index contributed by atoms with van der Waals surface area (Å²) in [6.07, 6.45) is 1.65. The van der Waals surface area contributed by atoms with Crippen LogP contribution in [-0.4, -0.2) is 30.3 Å². The molecule has 1 aliphatic heterocycles. The van der Waals surface area contributed by atoms with E-state index < -0.39 is 16.0 Å². The molecule has 35 heavy (non-hydrogen) atoms. The van der Waals surface area contributed by atoms with Crippen LogP contribution in [0.3, 0.4) is 0 Å². The van der Waals surface area contributed by atoms with E-state index in [0.717, 1.165) is 46.2 Å². The second-order valence-corrected chi connectivity index (χ2v) is 11.6. The standard InChI is InChI=1S/C29H33NO4S/c1-20-12-14-23-9-5-7-11-28(23)35(33,34)30(18-20)19-25-16-24(15-13-21(25)2)27(17-29(31)32)26-10-6-4-8-22(26)3/h4-11,13,15-16,20,27H,12,14,17-19H2,1-3H3,(H,31,32)/t20-,27?/m0/s1. The first-order chi connectivity index (χ1) is 16.7. The Kier molecular flexibility index (Phi) is 7.43. The van der Waals surface area contributed by atoms with Gasteiger partial charge in [0.1, 0.15) is 0 Å². The van der Waals surface area contributed by atoms with E-state index in [1.54, 1.807) is 16.4 Å². The minimum Gasteiger partial charge on any atom is -0.481 e. The summed E-state index contributed by atoms with van der Waals surface area (Å²) in [6.45, 7) is 6.78. The van der Waals surface area contributed by atoms with Crippen molar-refractivity contribution in [2.75, 3.05) is 6.54 Å². The topological polar surface area (TPSA) is 74.7 Å². The van der Waals surface area contributed by atoms with E-state index in [1.807, 2.05) is 68.4 Å². The van der Waals surface area contributed by atoms with Gasteiger partial charge in [0.25, 0.3) is 0 Å². The van der Waals surface area contributed by atoms with Crippen LogP contribution >= 0.6 is 0 Å². The molecular formula is C29H33NO4S. The van der Waals surface area contributed by atoms with Crippen LogP contribution in [0.5, 0.6) is 0 Å². The molecule has 0 saturated heterocycles. The van der Waals surface area contributed by atoms with Crippen LogP contribution in [0.15, 0.2) is 71.6 Å². The zero-order chi connectivity index (χ0) is 25.2. The Morgan fingerprint density at radius 2 is 1.74 bits per heavy atom. The zero-order valence-corrected chi connectivity index (χ0v) is 21.4. The first-order valence-electron chi connectivity index (χ1n) is 12.1. The van der Waals surface area contributed by atoms with Gasteiger partial charge in [-0.1, -0.05) is 67.6 Å². The number of hydrogen-bond acceptors (Lipinski definition) is 3. The molecule has 5 nitrogen and oxygen atoms in total. The number of carbonyl (C=O) groups is 1. The van der Waals surface area contributed by atoms with Gasteiger partial charge in [0, 0.05) is 19.0 Å². The van der Waals surface area contributed by atoms with Gasteiger partial charge in [-0.05, 0) is 72.1 Å². The van der Waals surface area contributed by atoms with Crippen LogP contribution in [0, 0.1) is 19.8 Å². The molecule has 0 bridgehead atoms. The molecule has 184 valence electrons. The molecule has 3 aromatic carbocycles. The molecule has 0 spiro atoms. The average Bonchev–Trinajstić information content (AvgIpc) is 2.82. The van der Waals surface area contributed by atoms with Gasteiger partial charge < -0.3 is 5.11 Å². The second kappa shape index (κ2) is 10.3. The third-order valence-electron chi connectivity index (χ3n) is 7.08. The van der Waals surface area contributed by atoms with Crippen molar-refractivity contribution in [1.29, 1.82) is 0 Å². The summed E-state index contributed by atoms with van der Waals surface area (Å²) in [6, 6.07) is 21.1. The SMILES string of the molecule is Cc1ccc(C(CC(=O)O)c2ccccc2C)cc1CN1C[C@@H](C)CCc2ccccc2S1(=O)=O. The summed E-state index contributed by atoms with van der Waals surface area (Å²) in [5.41, 5.74) is 5.67. The molecule has 4 rings (SSSR count). The van der Waals surface area contributed by atoms with Crippen molar-refractivity contribution in [2.24, 2.45) is 5.92 Å². The third kappa shape index (κ3) is 5.49. The Labute approximate surface area is 208 Å². The summed E-state index contributed by atoms with van der Waals surface area (Å²) >= 11 is 0. The van der Waals surface area contributed by atoms with Crippen LogP contribution in [0.2, 0.25) is 0 Å². The Balaban J connectivity index is 1.74. The predicted molar refractivity (Wildman–Crippen MR) is 138 cm³/mol. The Hall–Kier alpha value is -2.96. The van der Waals surface area contributed by atoms with E-state index >= 15 is 0 Å². The molecule has 0 fully saturated rings. The van der Waals surface area contributed by atoms with Crippen molar-refractivity contribution in [1.82, 2.24) is 4.31 Å². The lowest BCUT2D eigenvalue weighted by molar-refractivity contribution is -0.137. The molecule has 1 aliphatic rings. The van der Waals surface area contributed by atoms with E-state index in [-0.39, 0.29) is 24.8 Å². The highest BCUT2D eigenvalue weighted by Gasteiger charge is 2.31. The lowest BCUT2D eigenvalue weighted by atomic mass is 9.85. The van der Waals surface area contributed by atoms with Crippen LogP contribution in [0.4, 0.5) is 0 Å². The van der Waals surface area contributed by atoms with E-state index in [4.69, 9.17) is 0 Å². The number of rotatable bonds is 6. The molecule has 1 heterocycles. The Morgan fingerprint density at radius 3 is 2.49 bits per heavy atom. The van der Waals surface area contributed by atoms with Crippen molar-refractivity contribution in [3.05, 3.63) is 100 Å². The first-order valence-corrected chi connectivity index (χ1v) is 13.6. The minimum atomic E-state index is -3.66. The number of carboxylic acid groups (broad SMARTS) is 1. The van der Waals surface area contributed by atoms with Gasteiger partial charge in [0.2, 0.25) is 10.0 Å². The van der Waals surface area contributed by atoms with Crippen LogP contribution in [0.1, 0.15) is 59.1 Å². The minimum absolute atomic E-state index is 0.0280. The molecule has 1 unspecified atom stereocenters. The summed E-state index contributed by atoms with van der Waals surface area (Å²) in [5.74, 6) is -0.942. The summed E-state index contributed by atoms with van der Waals surface area (Å²) < 4.78 is 29.0. The maximum Gasteiger partial charge on any atom is 0.304 e. The van der Waals surface area contributed by atoms with E-state index in [2.05, 4.69) is 6.92 Å². The Morgan fingerprint density at radius 1 is 1.03 bits per heavy atom. The molecule has 3 aromatic rings. The van der Waals surface area contributed by atoms with Crippen molar-refractivity contribution in [3.8, 4) is 0 Å². The fourth-order valence-electron chi connectivity index (χ4n) is 5.02. The Bertz CT molecular complexity index is 1330. The monoisotopic (exact) mass is 491 g/mol. The van der Waals surface area contributed by atoms with Gasteiger partial charge in [-0.25, -0.2) is 8.42 Å². The van der Waals surface area contributed by atoms with Gasteiger partial charge in [-0.15, -0.1) is 0 Å². The normalized spacial score (nSPS) is 18.8.